The van der Waals surface area contributed by atoms with E-state index in [0.29, 0.717) is 26.0 Å². The summed E-state index contributed by atoms with van der Waals surface area (Å²) in [6, 6.07) is 9.66. The van der Waals surface area contributed by atoms with Crippen LogP contribution in [0.15, 0.2) is 30.3 Å². The van der Waals surface area contributed by atoms with Crippen LogP contribution in [0, 0.1) is 0 Å². The molecule has 0 saturated carbocycles. The van der Waals surface area contributed by atoms with E-state index in [0.717, 1.165) is 69.8 Å². The molecular weight excluding hydrogens is 478 g/mol. The van der Waals surface area contributed by atoms with Gasteiger partial charge in [0.25, 0.3) is 0 Å². The summed E-state index contributed by atoms with van der Waals surface area (Å²) < 4.78 is 10.1. The van der Waals surface area contributed by atoms with Crippen LogP contribution in [-0.2, 0) is 25.7 Å². The first-order chi connectivity index (χ1) is 18.6. The molecule has 0 unspecified atom stereocenters. The Hall–Kier alpha value is -2.37. The van der Waals surface area contributed by atoms with E-state index in [1.165, 1.54) is 51.4 Å². The van der Waals surface area contributed by atoms with E-state index in [1.807, 2.05) is 30.3 Å². The smallest absolute Gasteiger partial charge is 0.407 e. The standard InChI is InChI=1S/C32H53NO5/c1-2-3-4-5-6-8-11-14-20-25-30(34)38-31(35)26-21-15-12-9-7-10-13-16-22-27-33-32(36)37-28-29-23-18-17-19-24-29/h17-19,23-24H,2-16,20-22,25-28H2,1H3,(H,33,36). The highest BCUT2D eigenvalue weighted by atomic mass is 16.6. The van der Waals surface area contributed by atoms with Crippen molar-refractivity contribution >= 4 is 18.0 Å². The molecule has 0 saturated heterocycles. The number of nitrogens with one attached hydrogen (secondary N) is 1. The fraction of sp³-hybridized carbons (Fsp3) is 0.719. The van der Waals surface area contributed by atoms with E-state index in [4.69, 9.17) is 9.47 Å². The van der Waals surface area contributed by atoms with Gasteiger partial charge in [0.2, 0.25) is 0 Å². The minimum atomic E-state index is -0.372. The van der Waals surface area contributed by atoms with Crippen LogP contribution in [0.3, 0.4) is 0 Å². The van der Waals surface area contributed by atoms with E-state index < -0.39 is 0 Å². The van der Waals surface area contributed by atoms with Crippen molar-refractivity contribution in [2.24, 2.45) is 0 Å². The maximum Gasteiger partial charge on any atom is 0.407 e. The SMILES string of the molecule is CCCCCCCCCCCC(=O)OC(=O)CCCCCCCCCCCNC(=O)OCc1ccccc1. The zero-order valence-electron chi connectivity index (χ0n) is 24.0. The minimum Gasteiger partial charge on any atom is -0.445 e. The summed E-state index contributed by atoms with van der Waals surface area (Å²) in [6.45, 7) is 3.17. The Balaban J connectivity index is 1.80. The van der Waals surface area contributed by atoms with Crippen LogP contribution < -0.4 is 5.32 Å². The molecule has 1 rings (SSSR count). The highest BCUT2D eigenvalue weighted by Crippen LogP contribution is 2.13. The van der Waals surface area contributed by atoms with Gasteiger partial charge in [-0.25, -0.2) is 4.79 Å². The fourth-order valence-electron chi connectivity index (χ4n) is 4.41. The van der Waals surface area contributed by atoms with E-state index in [1.54, 1.807) is 0 Å². The van der Waals surface area contributed by atoms with Gasteiger partial charge in [0, 0.05) is 19.4 Å². The van der Waals surface area contributed by atoms with Gasteiger partial charge >= 0.3 is 18.0 Å². The molecule has 38 heavy (non-hydrogen) atoms. The van der Waals surface area contributed by atoms with Gasteiger partial charge in [-0.2, -0.15) is 0 Å². The number of hydrogen-bond acceptors (Lipinski definition) is 5. The summed E-state index contributed by atoms with van der Waals surface area (Å²) in [5.74, 6) is -0.735. The number of rotatable bonds is 24. The Labute approximate surface area is 231 Å². The van der Waals surface area contributed by atoms with Crippen molar-refractivity contribution in [3.05, 3.63) is 35.9 Å². The third-order valence-electron chi connectivity index (χ3n) is 6.75. The predicted octanol–water partition coefficient (Wildman–Crippen LogP) is 8.80. The minimum absolute atomic E-state index is 0.297. The summed E-state index contributed by atoms with van der Waals surface area (Å²) in [5.41, 5.74) is 0.984. The number of alkyl carbamates (subject to hydrolysis) is 1. The van der Waals surface area contributed by atoms with Crippen LogP contribution in [0.1, 0.15) is 141 Å². The number of esters is 2. The molecule has 0 aromatic heterocycles. The molecule has 1 amide bonds. The van der Waals surface area contributed by atoms with Gasteiger partial charge in [-0.05, 0) is 24.8 Å². The van der Waals surface area contributed by atoms with E-state index in [9.17, 15) is 14.4 Å². The first-order valence-corrected chi connectivity index (χ1v) is 15.3. The van der Waals surface area contributed by atoms with Gasteiger partial charge < -0.3 is 14.8 Å². The number of carbonyl (C=O) groups is 3. The van der Waals surface area contributed by atoms with Gasteiger partial charge in [-0.15, -0.1) is 0 Å². The summed E-state index contributed by atoms with van der Waals surface area (Å²) in [5, 5.41) is 2.80. The monoisotopic (exact) mass is 531 g/mol. The van der Waals surface area contributed by atoms with Gasteiger partial charge in [-0.1, -0.05) is 134 Å². The molecule has 0 fully saturated rings. The number of carbonyl (C=O) groups excluding carboxylic acids is 3. The van der Waals surface area contributed by atoms with Crippen LogP contribution >= 0.6 is 0 Å². The summed E-state index contributed by atoms with van der Waals surface area (Å²) in [7, 11) is 0. The molecule has 216 valence electrons. The first kappa shape index (κ1) is 33.7. The van der Waals surface area contributed by atoms with Crippen LogP contribution in [0.5, 0.6) is 0 Å². The molecule has 0 aliphatic heterocycles. The second-order valence-electron chi connectivity index (χ2n) is 10.3. The maximum atomic E-state index is 11.8. The van der Waals surface area contributed by atoms with Crippen LogP contribution in [0.2, 0.25) is 0 Å². The van der Waals surface area contributed by atoms with Crippen molar-refractivity contribution in [3.8, 4) is 0 Å². The van der Waals surface area contributed by atoms with Gasteiger partial charge in [0.05, 0.1) is 0 Å². The molecule has 1 N–H and O–H groups in total. The summed E-state index contributed by atoms with van der Waals surface area (Å²) >= 11 is 0. The molecule has 0 aliphatic carbocycles. The Kier molecular flexibility index (Phi) is 22.1. The Bertz CT molecular complexity index is 722. The van der Waals surface area contributed by atoms with E-state index in [-0.39, 0.29) is 18.0 Å². The first-order valence-electron chi connectivity index (χ1n) is 15.3. The quantitative estimate of drug-likeness (QED) is 0.0818. The number of unbranched alkanes of at least 4 members (excludes halogenated alkanes) is 16. The maximum absolute atomic E-state index is 11.8. The second kappa shape index (κ2) is 24.9. The largest absolute Gasteiger partial charge is 0.445 e. The molecular formula is C32H53NO5. The number of amides is 1. The Morgan fingerprint density at radius 2 is 1.05 bits per heavy atom. The number of ether oxygens (including phenoxy) is 2. The lowest BCUT2D eigenvalue weighted by Crippen LogP contribution is -2.25. The molecule has 6 nitrogen and oxygen atoms in total. The lowest BCUT2D eigenvalue weighted by Gasteiger charge is -2.07. The van der Waals surface area contributed by atoms with Gasteiger partial charge in [0.1, 0.15) is 6.61 Å². The topological polar surface area (TPSA) is 81.7 Å². The summed E-state index contributed by atoms with van der Waals surface area (Å²) in [6.07, 6.45) is 20.8. The molecule has 0 heterocycles. The van der Waals surface area contributed by atoms with Crippen molar-refractivity contribution in [2.45, 2.75) is 142 Å². The van der Waals surface area contributed by atoms with E-state index >= 15 is 0 Å². The molecule has 0 bridgehead atoms. The van der Waals surface area contributed by atoms with E-state index in [2.05, 4.69) is 12.2 Å². The molecule has 0 spiro atoms. The fourth-order valence-corrected chi connectivity index (χ4v) is 4.41. The zero-order valence-corrected chi connectivity index (χ0v) is 24.0. The lowest BCUT2D eigenvalue weighted by molar-refractivity contribution is -0.159. The molecule has 0 atom stereocenters. The number of hydrogen-bond donors (Lipinski definition) is 1. The Morgan fingerprint density at radius 3 is 1.55 bits per heavy atom. The van der Waals surface area contributed by atoms with Gasteiger partial charge in [0.15, 0.2) is 0 Å². The predicted molar refractivity (Wildman–Crippen MR) is 154 cm³/mol. The summed E-state index contributed by atoms with van der Waals surface area (Å²) in [4.78, 5) is 35.3. The molecule has 1 aromatic rings. The average Bonchev–Trinajstić information content (AvgIpc) is 2.92. The van der Waals surface area contributed by atoms with Crippen molar-refractivity contribution in [1.82, 2.24) is 5.32 Å². The molecule has 0 radical (unpaired) electrons. The average molecular weight is 532 g/mol. The van der Waals surface area contributed by atoms with Crippen LogP contribution in [-0.4, -0.2) is 24.6 Å². The normalized spacial score (nSPS) is 10.8. The molecule has 0 aliphatic rings. The number of benzene rings is 1. The van der Waals surface area contributed by atoms with Crippen LogP contribution in [0.4, 0.5) is 4.79 Å². The second-order valence-corrected chi connectivity index (χ2v) is 10.3. The lowest BCUT2D eigenvalue weighted by atomic mass is 10.1. The zero-order chi connectivity index (χ0) is 27.5. The third-order valence-corrected chi connectivity index (χ3v) is 6.75. The molecule has 6 heteroatoms. The third kappa shape index (κ3) is 21.7. The van der Waals surface area contributed by atoms with Gasteiger partial charge in [-0.3, -0.25) is 9.59 Å². The van der Waals surface area contributed by atoms with Crippen molar-refractivity contribution in [2.75, 3.05) is 6.54 Å². The highest BCUT2D eigenvalue weighted by molar-refractivity contribution is 5.85. The van der Waals surface area contributed by atoms with Crippen LogP contribution in [0.25, 0.3) is 0 Å². The highest BCUT2D eigenvalue weighted by Gasteiger charge is 2.10. The Morgan fingerprint density at radius 1 is 0.605 bits per heavy atom. The van der Waals surface area contributed by atoms with Crippen molar-refractivity contribution in [1.29, 1.82) is 0 Å². The van der Waals surface area contributed by atoms with Crippen molar-refractivity contribution < 1.29 is 23.9 Å². The molecule has 1 aromatic carbocycles. The van der Waals surface area contributed by atoms with Crippen molar-refractivity contribution in [3.63, 3.8) is 0 Å².